The number of anilines is 1. The van der Waals surface area contributed by atoms with Crippen LogP contribution in [0.25, 0.3) is 0 Å². The summed E-state index contributed by atoms with van der Waals surface area (Å²) in [6.07, 6.45) is 4.61. The van der Waals surface area contributed by atoms with Gasteiger partial charge in [0, 0.05) is 19.0 Å². The Morgan fingerprint density at radius 2 is 2.22 bits per heavy atom. The van der Waals surface area contributed by atoms with Gasteiger partial charge in [-0.3, -0.25) is 4.79 Å². The maximum atomic E-state index is 10.3. The largest absolute Gasteiger partial charge is 0.481 e. The molecule has 0 bridgehead atoms. The number of aromatic nitrogens is 1. The second kappa shape index (κ2) is 8.33. The van der Waals surface area contributed by atoms with Crippen LogP contribution in [0.3, 0.4) is 0 Å². The molecule has 1 rings (SSSR count). The molecule has 2 N–H and O–H groups in total. The zero-order valence-electron chi connectivity index (χ0n) is 10.7. The molecular weight excluding hydrogens is 232 g/mol. The van der Waals surface area contributed by atoms with Crippen LogP contribution in [0.15, 0.2) is 18.3 Å². The molecule has 1 aromatic heterocycles. The quantitative estimate of drug-likeness (QED) is 0.661. The van der Waals surface area contributed by atoms with E-state index in [1.54, 1.807) is 6.20 Å². The van der Waals surface area contributed by atoms with E-state index in [0.29, 0.717) is 12.5 Å². The number of carboxylic acid groups (broad SMARTS) is 1. The van der Waals surface area contributed by atoms with Crippen LogP contribution < -0.4 is 10.1 Å². The minimum absolute atomic E-state index is 0.255. The number of hydrogen-bond acceptors (Lipinski definition) is 4. The number of nitrogens with one attached hydrogen (secondary N) is 1. The van der Waals surface area contributed by atoms with Crippen molar-refractivity contribution in [3.8, 4) is 5.88 Å². The molecule has 18 heavy (non-hydrogen) atoms. The number of pyridine rings is 1. The van der Waals surface area contributed by atoms with E-state index < -0.39 is 5.97 Å². The molecule has 0 aliphatic heterocycles. The summed E-state index contributed by atoms with van der Waals surface area (Å²) in [6, 6.07) is 3.76. The molecule has 100 valence electrons. The first kappa shape index (κ1) is 14.3. The maximum absolute atomic E-state index is 10.3. The van der Waals surface area contributed by atoms with E-state index in [2.05, 4.69) is 10.3 Å². The number of unbranched alkanes of at least 4 members (excludes halogenated alkanes) is 2. The molecule has 0 aliphatic rings. The van der Waals surface area contributed by atoms with Crippen LogP contribution in [0.5, 0.6) is 5.88 Å². The highest BCUT2D eigenvalue weighted by atomic mass is 16.5. The number of ether oxygens (including phenoxy) is 1. The third kappa shape index (κ3) is 6.08. The van der Waals surface area contributed by atoms with E-state index in [9.17, 15) is 4.79 Å². The summed E-state index contributed by atoms with van der Waals surface area (Å²) in [7, 11) is 0. The molecule has 0 fully saturated rings. The lowest BCUT2D eigenvalue weighted by Crippen LogP contribution is -2.03. The molecule has 5 nitrogen and oxygen atoms in total. The Morgan fingerprint density at radius 1 is 1.39 bits per heavy atom. The SMILES string of the molecule is CCOc1ccc(NCCCCCC(=O)O)cn1. The third-order valence-electron chi connectivity index (χ3n) is 2.43. The fraction of sp³-hybridized carbons (Fsp3) is 0.538. The van der Waals surface area contributed by atoms with Crippen molar-refractivity contribution in [1.29, 1.82) is 0 Å². The van der Waals surface area contributed by atoms with Crippen LogP contribution in [-0.2, 0) is 4.79 Å². The molecule has 0 aliphatic carbocycles. The smallest absolute Gasteiger partial charge is 0.303 e. The zero-order chi connectivity index (χ0) is 13.2. The van der Waals surface area contributed by atoms with Gasteiger partial charge in [-0.1, -0.05) is 6.42 Å². The van der Waals surface area contributed by atoms with E-state index in [1.165, 1.54) is 0 Å². The second-order valence-corrected chi connectivity index (χ2v) is 3.95. The van der Waals surface area contributed by atoms with Crippen molar-refractivity contribution in [3.05, 3.63) is 18.3 Å². The van der Waals surface area contributed by atoms with Crippen LogP contribution in [0.1, 0.15) is 32.6 Å². The monoisotopic (exact) mass is 252 g/mol. The van der Waals surface area contributed by atoms with Crippen LogP contribution in [0.4, 0.5) is 5.69 Å². The number of carbonyl (C=O) groups is 1. The summed E-state index contributed by atoms with van der Waals surface area (Å²) >= 11 is 0. The third-order valence-corrected chi connectivity index (χ3v) is 2.43. The standard InChI is InChI=1S/C13H20N2O3/c1-2-18-12-8-7-11(10-15-12)14-9-5-3-4-6-13(16)17/h7-8,10,14H,2-6,9H2,1H3,(H,16,17). The number of hydrogen-bond donors (Lipinski definition) is 2. The number of nitrogens with zero attached hydrogens (tertiary/aromatic N) is 1. The summed E-state index contributed by atoms with van der Waals surface area (Å²) in [5, 5.41) is 11.7. The maximum Gasteiger partial charge on any atom is 0.303 e. The molecule has 0 spiro atoms. The zero-order valence-corrected chi connectivity index (χ0v) is 10.7. The molecule has 5 heteroatoms. The molecule has 0 atom stereocenters. The average molecular weight is 252 g/mol. The minimum atomic E-state index is -0.723. The predicted molar refractivity (Wildman–Crippen MR) is 70.0 cm³/mol. The summed E-state index contributed by atoms with van der Waals surface area (Å²) in [6.45, 7) is 3.36. The Labute approximate surface area is 107 Å². The van der Waals surface area contributed by atoms with Gasteiger partial charge in [0.25, 0.3) is 0 Å². The first-order valence-electron chi connectivity index (χ1n) is 6.27. The Hall–Kier alpha value is -1.78. The summed E-state index contributed by atoms with van der Waals surface area (Å²) in [5.74, 6) is -0.0943. The lowest BCUT2D eigenvalue weighted by molar-refractivity contribution is -0.137. The van der Waals surface area contributed by atoms with Crippen molar-refractivity contribution in [3.63, 3.8) is 0 Å². The van der Waals surface area contributed by atoms with Crippen LogP contribution in [0.2, 0.25) is 0 Å². The molecule has 0 unspecified atom stereocenters. The van der Waals surface area contributed by atoms with E-state index in [4.69, 9.17) is 9.84 Å². The van der Waals surface area contributed by atoms with Gasteiger partial charge in [0.15, 0.2) is 0 Å². The molecule has 1 aromatic rings. The molecule has 1 heterocycles. The van der Waals surface area contributed by atoms with E-state index in [1.807, 2.05) is 19.1 Å². The number of aliphatic carboxylic acids is 1. The van der Waals surface area contributed by atoms with E-state index in [-0.39, 0.29) is 6.42 Å². The lowest BCUT2D eigenvalue weighted by atomic mass is 10.2. The fourth-order valence-corrected chi connectivity index (χ4v) is 1.53. The molecule has 0 amide bonds. The highest BCUT2D eigenvalue weighted by molar-refractivity contribution is 5.66. The van der Waals surface area contributed by atoms with Gasteiger partial charge in [0.2, 0.25) is 5.88 Å². The fourth-order valence-electron chi connectivity index (χ4n) is 1.53. The molecular formula is C13H20N2O3. The highest BCUT2D eigenvalue weighted by Crippen LogP contribution is 2.11. The van der Waals surface area contributed by atoms with Gasteiger partial charge in [-0.2, -0.15) is 0 Å². The van der Waals surface area contributed by atoms with Crippen molar-refractivity contribution in [2.24, 2.45) is 0 Å². The lowest BCUT2D eigenvalue weighted by Gasteiger charge is -2.06. The van der Waals surface area contributed by atoms with Crippen molar-refractivity contribution < 1.29 is 14.6 Å². The van der Waals surface area contributed by atoms with Gasteiger partial charge in [-0.05, 0) is 25.8 Å². The molecule has 0 saturated carbocycles. The Kier molecular flexibility index (Phi) is 6.61. The molecule has 0 aromatic carbocycles. The predicted octanol–water partition coefficient (Wildman–Crippen LogP) is 2.54. The van der Waals surface area contributed by atoms with Gasteiger partial charge in [0.1, 0.15) is 0 Å². The second-order valence-electron chi connectivity index (χ2n) is 3.95. The first-order chi connectivity index (χ1) is 8.72. The number of rotatable bonds is 9. The van der Waals surface area contributed by atoms with Crippen LogP contribution in [-0.4, -0.2) is 29.2 Å². The van der Waals surface area contributed by atoms with Crippen LogP contribution >= 0.6 is 0 Å². The van der Waals surface area contributed by atoms with Gasteiger partial charge >= 0.3 is 5.97 Å². The first-order valence-corrected chi connectivity index (χ1v) is 6.27. The Morgan fingerprint density at radius 3 is 2.83 bits per heavy atom. The Bertz CT molecular complexity index is 352. The normalized spacial score (nSPS) is 10.1. The van der Waals surface area contributed by atoms with Gasteiger partial charge in [-0.25, -0.2) is 4.98 Å². The highest BCUT2D eigenvalue weighted by Gasteiger charge is 1.97. The van der Waals surface area contributed by atoms with Crippen molar-refractivity contribution in [1.82, 2.24) is 4.98 Å². The van der Waals surface area contributed by atoms with Gasteiger partial charge in [0.05, 0.1) is 18.5 Å². The van der Waals surface area contributed by atoms with Crippen molar-refractivity contribution in [2.45, 2.75) is 32.6 Å². The summed E-state index contributed by atoms with van der Waals surface area (Å²) in [5.41, 5.74) is 0.955. The van der Waals surface area contributed by atoms with Crippen LogP contribution in [0, 0.1) is 0 Å². The van der Waals surface area contributed by atoms with E-state index in [0.717, 1.165) is 31.5 Å². The minimum Gasteiger partial charge on any atom is -0.481 e. The molecule has 0 radical (unpaired) electrons. The van der Waals surface area contributed by atoms with Crippen molar-refractivity contribution >= 4 is 11.7 Å². The van der Waals surface area contributed by atoms with Gasteiger partial charge < -0.3 is 15.2 Å². The Balaban J connectivity index is 2.13. The summed E-state index contributed by atoms with van der Waals surface area (Å²) in [4.78, 5) is 14.4. The molecule has 0 saturated heterocycles. The number of carboxylic acids is 1. The van der Waals surface area contributed by atoms with Gasteiger partial charge in [-0.15, -0.1) is 0 Å². The average Bonchev–Trinajstić information content (AvgIpc) is 2.35. The van der Waals surface area contributed by atoms with E-state index >= 15 is 0 Å². The topological polar surface area (TPSA) is 71.5 Å². The summed E-state index contributed by atoms with van der Waals surface area (Å²) < 4.78 is 5.25. The van der Waals surface area contributed by atoms with Crippen molar-refractivity contribution in [2.75, 3.05) is 18.5 Å².